The molecule has 5 nitrogen and oxygen atoms in total. The van der Waals surface area contributed by atoms with E-state index in [4.69, 9.17) is 5.11 Å². The van der Waals surface area contributed by atoms with Gasteiger partial charge in [0.15, 0.2) is 0 Å². The Kier molecular flexibility index (Phi) is 4.39. The van der Waals surface area contributed by atoms with Gasteiger partial charge in [-0.05, 0) is 49.8 Å². The summed E-state index contributed by atoms with van der Waals surface area (Å²) in [5, 5.41) is 9.17. The molecule has 2 rings (SSSR count). The summed E-state index contributed by atoms with van der Waals surface area (Å²) in [7, 11) is -2.08. The highest BCUT2D eigenvalue weighted by Crippen LogP contribution is 2.29. The standard InChI is InChI=1S/C15H21NO4S/c1-10-7-11(2)14(8-13(10)15(17)18)21(19,20)16(3)9-12-5-4-6-12/h7-8,12H,4-6,9H2,1-3H3,(H,17,18). The zero-order valence-electron chi connectivity index (χ0n) is 12.6. The first-order valence-corrected chi connectivity index (χ1v) is 8.48. The molecule has 1 aromatic carbocycles. The van der Waals surface area contributed by atoms with Gasteiger partial charge in [0.2, 0.25) is 10.0 Å². The van der Waals surface area contributed by atoms with Crippen molar-refractivity contribution in [1.82, 2.24) is 4.31 Å². The van der Waals surface area contributed by atoms with Crippen LogP contribution in [-0.4, -0.2) is 37.4 Å². The minimum Gasteiger partial charge on any atom is -0.478 e. The SMILES string of the molecule is Cc1cc(C)c(S(=O)(=O)N(C)CC2CCC2)cc1C(=O)O. The molecule has 1 aliphatic carbocycles. The van der Waals surface area contributed by atoms with Crippen LogP contribution in [0.15, 0.2) is 17.0 Å². The van der Waals surface area contributed by atoms with E-state index in [-0.39, 0.29) is 10.5 Å². The van der Waals surface area contributed by atoms with E-state index in [1.165, 1.54) is 10.4 Å². The molecule has 0 spiro atoms. The Labute approximate surface area is 125 Å². The Bertz CT molecular complexity index is 662. The molecule has 21 heavy (non-hydrogen) atoms. The van der Waals surface area contributed by atoms with Gasteiger partial charge >= 0.3 is 5.97 Å². The third-order valence-electron chi connectivity index (χ3n) is 4.18. The van der Waals surface area contributed by atoms with E-state index in [0.29, 0.717) is 23.6 Å². The van der Waals surface area contributed by atoms with Crippen molar-refractivity contribution in [1.29, 1.82) is 0 Å². The first-order chi connectivity index (χ1) is 9.73. The largest absolute Gasteiger partial charge is 0.478 e. The summed E-state index contributed by atoms with van der Waals surface area (Å²) in [5.41, 5.74) is 1.19. The summed E-state index contributed by atoms with van der Waals surface area (Å²) < 4.78 is 26.6. The lowest BCUT2D eigenvalue weighted by atomic mass is 9.86. The highest BCUT2D eigenvalue weighted by molar-refractivity contribution is 7.89. The molecule has 0 aromatic heterocycles. The molecule has 116 valence electrons. The number of nitrogens with zero attached hydrogens (tertiary/aromatic N) is 1. The molecule has 0 aliphatic heterocycles. The van der Waals surface area contributed by atoms with Crippen molar-refractivity contribution in [3.8, 4) is 0 Å². The van der Waals surface area contributed by atoms with Gasteiger partial charge in [0.05, 0.1) is 10.5 Å². The van der Waals surface area contributed by atoms with Crippen LogP contribution in [0.1, 0.15) is 40.7 Å². The summed E-state index contributed by atoms with van der Waals surface area (Å²) in [4.78, 5) is 11.3. The third kappa shape index (κ3) is 3.11. The number of sulfonamides is 1. The number of carbonyl (C=O) groups is 1. The fraction of sp³-hybridized carbons (Fsp3) is 0.533. The van der Waals surface area contributed by atoms with Gasteiger partial charge in [-0.3, -0.25) is 0 Å². The predicted octanol–water partition coefficient (Wildman–Crippen LogP) is 2.42. The number of hydrogen-bond acceptors (Lipinski definition) is 3. The van der Waals surface area contributed by atoms with Crippen molar-refractivity contribution in [3.05, 3.63) is 28.8 Å². The maximum absolute atomic E-state index is 12.6. The lowest BCUT2D eigenvalue weighted by Gasteiger charge is -2.30. The summed E-state index contributed by atoms with van der Waals surface area (Å²) in [5.74, 6) is -0.680. The smallest absolute Gasteiger partial charge is 0.335 e. The molecule has 0 heterocycles. The second kappa shape index (κ2) is 5.77. The van der Waals surface area contributed by atoms with Crippen LogP contribution in [0.2, 0.25) is 0 Å². The van der Waals surface area contributed by atoms with Crippen molar-refractivity contribution in [2.24, 2.45) is 5.92 Å². The van der Waals surface area contributed by atoms with Gasteiger partial charge in [0.1, 0.15) is 0 Å². The molecule has 1 N–H and O–H groups in total. The minimum atomic E-state index is -3.64. The lowest BCUT2D eigenvalue weighted by molar-refractivity contribution is 0.0696. The zero-order valence-corrected chi connectivity index (χ0v) is 13.4. The van der Waals surface area contributed by atoms with Gasteiger partial charge in [-0.25, -0.2) is 17.5 Å². The van der Waals surface area contributed by atoms with Gasteiger partial charge < -0.3 is 5.11 Å². The van der Waals surface area contributed by atoms with Gasteiger partial charge in [-0.15, -0.1) is 0 Å². The summed E-state index contributed by atoms with van der Waals surface area (Å²) in [6.45, 7) is 3.87. The number of hydrogen-bond donors (Lipinski definition) is 1. The highest BCUT2D eigenvalue weighted by Gasteiger charge is 2.28. The van der Waals surface area contributed by atoms with Crippen molar-refractivity contribution in [3.63, 3.8) is 0 Å². The van der Waals surface area contributed by atoms with Crippen molar-refractivity contribution >= 4 is 16.0 Å². The minimum absolute atomic E-state index is 0.0382. The van der Waals surface area contributed by atoms with Gasteiger partial charge in [-0.1, -0.05) is 12.5 Å². The zero-order chi connectivity index (χ0) is 15.8. The molecular weight excluding hydrogens is 290 g/mol. The molecule has 0 radical (unpaired) electrons. The molecule has 1 aromatic rings. The molecule has 0 atom stereocenters. The number of carboxylic acids is 1. The second-order valence-electron chi connectivity index (χ2n) is 5.82. The van der Waals surface area contributed by atoms with Gasteiger partial charge in [0.25, 0.3) is 0 Å². The summed E-state index contributed by atoms with van der Waals surface area (Å²) >= 11 is 0. The Hall–Kier alpha value is -1.40. The molecule has 0 bridgehead atoms. The van der Waals surface area contributed by atoms with E-state index in [2.05, 4.69) is 0 Å². The Morgan fingerprint density at radius 2 is 1.90 bits per heavy atom. The van der Waals surface area contributed by atoms with Crippen LogP contribution in [0.4, 0.5) is 0 Å². The number of rotatable bonds is 5. The molecule has 0 amide bonds. The molecule has 1 saturated carbocycles. The van der Waals surface area contributed by atoms with Crippen molar-refractivity contribution in [2.45, 2.75) is 38.0 Å². The molecule has 6 heteroatoms. The fourth-order valence-corrected chi connectivity index (χ4v) is 4.12. The average molecular weight is 311 g/mol. The Morgan fingerprint density at radius 3 is 2.38 bits per heavy atom. The second-order valence-corrected chi connectivity index (χ2v) is 7.83. The fourth-order valence-electron chi connectivity index (χ4n) is 2.65. The molecule has 1 fully saturated rings. The van der Waals surface area contributed by atoms with Crippen LogP contribution in [0.5, 0.6) is 0 Å². The third-order valence-corrected chi connectivity index (χ3v) is 6.15. The van der Waals surface area contributed by atoms with E-state index < -0.39 is 16.0 Å². The number of aryl methyl sites for hydroxylation is 2. The number of benzene rings is 1. The van der Waals surface area contributed by atoms with Gasteiger partial charge in [0, 0.05) is 13.6 Å². The van der Waals surface area contributed by atoms with Gasteiger partial charge in [-0.2, -0.15) is 0 Å². The van der Waals surface area contributed by atoms with Crippen LogP contribution in [0.3, 0.4) is 0 Å². The Balaban J connectivity index is 2.38. The van der Waals surface area contributed by atoms with Crippen LogP contribution >= 0.6 is 0 Å². The van der Waals surface area contributed by atoms with E-state index >= 15 is 0 Å². The van der Waals surface area contributed by atoms with Crippen LogP contribution in [0.25, 0.3) is 0 Å². The monoisotopic (exact) mass is 311 g/mol. The van der Waals surface area contributed by atoms with Crippen molar-refractivity contribution in [2.75, 3.05) is 13.6 Å². The van der Waals surface area contributed by atoms with Crippen LogP contribution < -0.4 is 0 Å². The first kappa shape index (κ1) is 16.0. The summed E-state index contributed by atoms with van der Waals surface area (Å²) in [6.07, 6.45) is 3.28. The Morgan fingerprint density at radius 1 is 1.29 bits per heavy atom. The maximum atomic E-state index is 12.6. The number of aromatic carboxylic acids is 1. The first-order valence-electron chi connectivity index (χ1n) is 7.04. The predicted molar refractivity (Wildman–Crippen MR) is 80.0 cm³/mol. The topological polar surface area (TPSA) is 74.7 Å². The van der Waals surface area contributed by atoms with E-state index in [1.54, 1.807) is 27.0 Å². The molecule has 0 saturated heterocycles. The van der Waals surface area contributed by atoms with E-state index in [1.807, 2.05) is 0 Å². The van der Waals surface area contributed by atoms with E-state index in [9.17, 15) is 13.2 Å². The number of carboxylic acid groups (broad SMARTS) is 1. The normalized spacial score (nSPS) is 16.0. The average Bonchev–Trinajstić information content (AvgIpc) is 2.32. The lowest BCUT2D eigenvalue weighted by Crippen LogP contribution is -2.34. The highest BCUT2D eigenvalue weighted by atomic mass is 32.2. The molecule has 1 aliphatic rings. The quantitative estimate of drug-likeness (QED) is 0.906. The van der Waals surface area contributed by atoms with Crippen LogP contribution in [-0.2, 0) is 10.0 Å². The van der Waals surface area contributed by atoms with Crippen molar-refractivity contribution < 1.29 is 18.3 Å². The molecule has 0 unspecified atom stereocenters. The maximum Gasteiger partial charge on any atom is 0.335 e. The van der Waals surface area contributed by atoms with Crippen LogP contribution in [0, 0.1) is 19.8 Å². The summed E-state index contributed by atoms with van der Waals surface area (Å²) in [6, 6.07) is 2.90. The molecular formula is C15H21NO4S. The van der Waals surface area contributed by atoms with E-state index in [0.717, 1.165) is 19.3 Å².